The van der Waals surface area contributed by atoms with Crippen molar-refractivity contribution in [1.82, 2.24) is 0 Å². The molecule has 2 nitrogen and oxygen atoms in total. The third-order valence-corrected chi connectivity index (χ3v) is 3.29. The Morgan fingerprint density at radius 1 is 1.42 bits per heavy atom. The number of hydrogen-bond acceptors (Lipinski definition) is 2. The molecule has 19 heavy (non-hydrogen) atoms. The quantitative estimate of drug-likeness (QED) is 0.608. The van der Waals surface area contributed by atoms with E-state index in [-0.39, 0.29) is 11.4 Å². The van der Waals surface area contributed by atoms with E-state index in [4.69, 9.17) is 0 Å². The molecule has 0 saturated carbocycles. The van der Waals surface area contributed by atoms with Crippen LogP contribution in [0.3, 0.4) is 0 Å². The number of ether oxygens (including phenoxy) is 1. The lowest BCUT2D eigenvalue weighted by atomic mass is 9.98. The molecule has 0 aromatic heterocycles. The summed E-state index contributed by atoms with van der Waals surface area (Å²) in [5, 5.41) is 0.688. The Bertz CT molecular complexity index is 472. The van der Waals surface area contributed by atoms with Crippen molar-refractivity contribution in [2.45, 2.75) is 33.1 Å². The van der Waals surface area contributed by atoms with Gasteiger partial charge in [0, 0.05) is 5.56 Å². The number of allylic oxidation sites excluding steroid dienone is 2. The molecule has 1 atom stereocenters. The molecule has 0 fully saturated rings. The van der Waals surface area contributed by atoms with Crippen molar-refractivity contribution < 1.29 is 13.9 Å². The molecular weight excluding hydrogens is 262 g/mol. The highest BCUT2D eigenvalue weighted by atomic mass is 31.0. The van der Waals surface area contributed by atoms with E-state index < -0.39 is 5.97 Å². The molecule has 1 aromatic rings. The molecule has 0 heterocycles. The van der Waals surface area contributed by atoms with Crippen LogP contribution >= 0.6 is 9.24 Å². The molecule has 0 N–H and O–H groups in total. The topological polar surface area (TPSA) is 26.3 Å². The molecule has 1 rings (SSSR count). The minimum Gasteiger partial charge on any atom is -0.465 e. The molecule has 1 unspecified atom stereocenters. The van der Waals surface area contributed by atoms with Gasteiger partial charge in [0.05, 0.1) is 12.7 Å². The molecule has 1 aromatic carbocycles. The van der Waals surface area contributed by atoms with E-state index in [1.54, 1.807) is 6.07 Å². The van der Waals surface area contributed by atoms with E-state index in [1.165, 1.54) is 13.2 Å². The Hall–Kier alpha value is -1.21. The Balaban J connectivity index is 3.29. The van der Waals surface area contributed by atoms with Crippen molar-refractivity contribution >= 4 is 26.1 Å². The van der Waals surface area contributed by atoms with Crippen molar-refractivity contribution in [1.29, 1.82) is 0 Å². The summed E-state index contributed by atoms with van der Waals surface area (Å²) < 4.78 is 18.9. The molecule has 0 bridgehead atoms. The fraction of sp³-hybridized carbons (Fsp3) is 0.400. The number of benzene rings is 1. The zero-order valence-electron chi connectivity index (χ0n) is 11.6. The standard InChI is InChI=1S/C15H20FO2P/c1-4-6-10(7-5-2)14-12(16)8-11(9-13(14)19)15(17)18-3/h6,8-9H,4-5,7,19H2,1-3H3/b10-6+. The van der Waals surface area contributed by atoms with Gasteiger partial charge in [0.1, 0.15) is 5.82 Å². The van der Waals surface area contributed by atoms with Crippen LogP contribution in [0.2, 0.25) is 0 Å². The lowest BCUT2D eigenvalue weighted by Gasteiger charge is -2.13. The van der Waals surface area contributed by atoms with Crippen molar-refractivity contribution in [3.8, 4) is 0 Å². The van der Waals surface area contributed by atoms with Crippen molar-refractivity contribution in [2.24, 2.45) is 0 Å². The normalized spacial score (nSPS) is 11.5. The van der Waals surface area contributed by atoms with Gasteiger partial charge in [-0.15, -0.1) is 9.24 Å². The number of carbonyl (C=O) groups is 1. The van der Waals surface area contributed by atoms with E-state index in [0.717, 1.165) is 24.8 Å². The van der Waals surface area contributed by atoms with Crippen LogP contribution in [-0.4, -0.2) is 13.1 Å². The fourth-order valence-corrected chi connectivity index (χ4v) is 2.55. The lowest BCUT2D eigenvalue weighted by molar-refractivity contribution is 0.0600. The summed E-state index contributed by atoms with van der Waals surface area (Å²) in [6.07, 6.45) is 4.67. The number of carbonyl (C=O) groups excluding carboxylic acids is 1. The Labute approximate surface area is 116 Å². The average Bonchev–Trinajstić information content (AvgIpc) is 2.37. The number of rotatable bonds is 5. The maximum atomic E-state index is 14.2. The first kappa shape index (κ1) is 15.8. The molecule has 104 valence electrons. The zero-order valence-corrected chi connectivity index (χ0v) is 12.8. The van der Waals surface area contributed by atoms with Gasteiger partial charge in [-0.05, 0) is 35.9 Å². The highest BCUT2D eigenvalue weighted by Gasteiger charge is 2.15. The predicted molar refractivity (Wildman–Crippen MR) is 80.3 cm³/mol. The first-order valence-corrected chi connectivity index (χ1v) is 6.99. The van der Waals surface area contributed by atoms with Gasteiger partial charge in [-0.2, -0.15) is 0 Å². The van der Waals surface area contributed by atoms with Crippen LogP contribution in [0.25, 0.3) is 5.57 Å². The number of methoxy groups -OCH3 is 1. The van der Waals surface area contributed by atoms with Crippen LogP contribution in [-0.2, 0) is 4.74 Å². The van der Waals surface area contributed by atoms with Crippen molar-refractivity contribution in [3.05, 3.63) is 35.2 Å². The molecule has 0 saturated heterocycles. The Morgan fingerprint density at radius 3 is 2.58 bits per heavy atom. The van der Waals surface area contributed by atoms with Crippen molar-refractivity contribution in [3.63, 3.8) is 0 Å². The van der Waals surface area contributed by atoms with Gasteiger partial charge in [0.25, 0.3) is 0 Å². The van der Waals surface area contributed by atoms with Gasteiger partial charge in [0.2, 0.25) is 0 Å². The first-order valence-electron chi connectivity index (χ1n) is 6.41. The van der Waals surface area contributed by atoms with Gasteiger partial charge in [-0.25, -0.2) is 9.18 Å². The van der Waals surface area contributed by atoms with Gasteiger partial charge in [-0.3, -0.25) is 0 Å². The smallest absolute Gasteiger partial charge is 0.337 e. The number of esters is 1. The Morgan fingerprint density at radius 2 is 2.11 bits per heavy atom. The molecule has 4 heteroatoms. The molecule has 0 aliphatic rings. The largest absolute Gasteiger partial charge is 0.465 e. The first-order chi connectivity index (χ1) is 9.04. The van der Waals surface area contributed by atoms with E-state index >= 15 is 0 Å². The number of halogens is 1. The minimum atomic E-state index is -0.523. The van der Waals surface area contributed by atoms with E-state index in [9.17, 15) is 9.18 Å². The third kappa shape index (κ3) is 3.87. The van der Waals surface area contributed by atoms with Crippen LogP contribution in [0.15, 0.2) is 18.2 Å². The highest BCUT2D eigenvalue weighted by molar-refractivity contribution is 7.27. The van der Waals surface area contributed by atoms with Gasteiger partial charge >= 0.3 is 5.97 Å². The maximum Gasteiger partial charge on any atom is 0.337 e. The second-order valence-corrected chi connectivity index (χ2v) is 4.92. The summed E-state index contributed by atoms with van der Waals surface area (Å²) in [6.45, 7) is 4.09. The van der Waals surface area contributed by atoms with Gasteiger partial charge in [0.15, 0.2) is 0 Å². The van der Waals surface area contributed by atoms with Gasteiger partial charge < -0.3 is 4.74 Å². The summed E-state index contributed by atoms with van der Waals surface area (Å²) >= 11 is 0. The summed E-state index contributed by atoms with van der Waals surface area (Å²) in [5.41, 5.74) is 1.81. The summed E-state index contributed by atoms with van der Waals surface area (Å²) in [7, 11) is 3.79. The molecule has 0 radical (unpaired) electrons. The molecule has 0 aliphatic heterocycles. The van der Waals surface area contributed by atoms with Crippen LogP contribution in [0.5, 0.6) is 0 Å². The van der Waals surface area contributed by atoms with E-state index in [1.807, 2.05) is 13.0 Å². The molecular formula is C15H20FO2P. The summed E-state index contributed by atoms with van der Waals surface area (Å²) in [5.74, 6) is -0.897. The van der Waals surface area contributed by atoms with Crippen LogP contribution in [0.4, 0.5) is 4.39 Å². The minimum absolute atomic E-state index is 0.237. The number of hydrogen-bond donors (Lipinski definition) is 0. The Kier molecular flexibility index (Phi) is 6.17. The summed E-state index contributed by atoms with van der Waals surface area (Å²) in [6, 6.07) is 2.89. The average molecular weight is 282 g/mol. The zero-order chi connectivity index (χ0) is 14.4. The van der Waals surface area contributed by atoms with E-state index in [2.05, 4.69) is 20.9 Å². The lowest BCUT2D eigenvalue weighted by Crippen LogP contribution is -2.11. The van der Waals surface area contributed by atoms with Crippen LogP contribution < -0.4 is 5.30 Å². The molecule has 0 spiro atoms. The summed E-state index contributed by atoms with van der Waals surface area (Å²) in [4.78, 5) is 11.4. The molecule has 0 aliphatic carbocycles. The van der Waals surface area contributed by atoms with Gasteiger partial charge in [-0.1, -0.05) is 26.3 Å². The second-order valence-electron chi connectivity index (χ2n) is 4.30. The van der Waals surface area contributed by atoms with E-state index in [0.29, 0.717) is 10.9 Å². The molecule has 0 amide bonds. The monoisotopic (exact) mass is 282 g/mol. The second kappa shape index (κ2) is 7.40. The van der Waals surface area contributed by atoms with Crippen LogP contribution in [0.1, 0.15) is 49.0 Å². The van der Waals surface area contributed by atoms with Crippen LogP contribution in [0, 0.1) is 5.82 Å². The SMILES string of the molecule is CC/C=C(\CCC)c1c(F)cc(C(=O)OC)cc1P. The van der Waals surface area contributed by atoms with Crippen molar-refractivity contribution in [2.75, 3.05) is 7.11 Å². The third-order valence-electron chi connectivity index (χ3n) is 2.83. The fourth-order valence-electron chi connectivity index (χ4n) is 2.05. The highest BCUT2D eigenvalue weighted by Crippen LogP contribution is 2.24. The maximum absolute atomic E-state index is 14.2. The predicted octanol–water partition coefficient (Wildman–Crippen LogP) is 3.71.